The van der Waals surface area contributed by atoms with Gasteiger partial charge in [-0.2, -0.15) is 0 Å². The molecule has 42 heavy (non-hydrogen) atoms. The van der Waals surface area contributed by atoms with Gasteiger partial charge < -0.3 is 15.0 Å². The molecule has 0 aliphatic carbocycles. The number of ether oxygens (including phenoxy) is 1. The Kier molecular flexibility index (Phi) is 8.28. The number of hydrogen-bond donors (Lipinski definition) is 1. The zero-order valence-corrected chi connectivity index (χ0v) is 23.4. The van der Waals surface area contributed by atoms with Crippen molar-refractivity contribution in [3.8, 4) is 11.5 Å². The van der Waals surface area contributed by atoms with Crippen LogP contribution in [0.4, 0.5) is 10.1 Å². The Balaban J connectivity index is 1.13. The highest BCUT2D eigenvalue weighted by atomic mass is 19.1. The van der Waals surface area contributed by atoms with Crippen molar-refractivity contribution in [1.82, 2.24) is 9.80 Å². The number of fused-ring (bicyclic) bond motifs is 1. The highest BCUT2D eigenvalue weighted by Crippen LogP contribution is 2.29. The molecule has 7 heteroatoms. The summed E-state index contributed by atoms with van der Waals surface area (Å²) in [4.78, 5) is 31.3. The van der Waals surface area contributed by atoms with E-state index in [1.165, 1.54) is 28.8 Å². The summed E-state index contributed by atoms with van der Waals surface area (Å²) in [5, 5.41) is 3.02. The molecule has 0 unspecified atom stereocenters. The van der Waals surface area contributed by atoms with Crippen molar-refractivity contribution in [3.63, 3.8) is 0 Å². The Hall–Kier alpha value is -4.49. The lowest BCUT2D eigenvalue weighted by Gasteiger charge is -2.31. The molecule has 2 aliphatic heterocycles. The Bertz CT molecular complexity index is 1530. The zero-order valence-electron chi connectivity index (χ0n) is 23.4. The second kappa shape index (κ2) is 12.6. The Morgan fingerprint density at radius 3 is 2.24 bits per heavy atom. The number of carbonyl (C=O) groups excluding carboxylic acids is 2. The minimum atomic E-state index is -0.543. The number of amides is 2. The maximum atomic E-state index is 13.7. The first-order valence-corrected chi connectivity index (χ1v) is 14.5. The van der Waals surface area contributed by atoms with E-state index in [1.807, 2.05) is 24.3 Å². The summed E-state index contributed by atoms with van der Waals surface area (Å²) in [7, 11) is 0. The van der Waals surface area contributed by atoms with Gasteiger partial charge >= 0.3 is 0 Å². The van der Waals surface area contributed by atoms with E-state index in [4.69, 9.17) is 4.74 Å². The molecule has 0 radical (unpaired) electrons. The van der Waals surface area contributed by atoms with E-state index in [9.17, 15) is 14.0 Å². The molecular formula is C35H34FN3O3. The molecule has 2 amide bonds. The molecule has 6 rings (SSSR count). The topological polar surface area (TPSA) is 61.9 Å². The number of benzene rings is 4. The fourth-order valence-electron chi connectivity index (χ4n) is 5.98. The number of likely N-dealkylation sites (tertiary alicyclic amines) is 1. The van der Waals surface area contributed by atoms with Crippen molar-refractivity contribution < 1.29 is 18.7 Å². The van der Waals surface area contributed by atoms with Crippen LogP contribution in [0.1, 0.15) is 23.1 Å². The van der Waals surface area contributed by atoms with Gasteiger partial charge in [0.15, 0.2) is 0 Å². The molecule has 0 saturated carbocycles. The van der Waals surface area contributed by atoms with E-state index in [-0.39, 0.29) is 23.5 Å². The number of rotatable bonds is 8. The Morgan fingerprint density at radius 2 is 1.50 bits per heavy atom. The number of carbonyl (C=O) groups is 2. The molecule has 0 aromatic heterocycles. The molecule has 1 N–H and O–H groups in total. The number of hydrogen-bond acceptors (Lipinski definition) is 4. The normalized spacial score (nSPS) is 18.4. The molecule has 214 valence electrons. The summed E-state index contributed by atoms with van der Waals surface area (Å²) in [5.74, 6) is 0.772. The monoisotopic (exact) mass is 563 g/mol. The molecule has 2 aliphatic rings. The third-order valence-electron chi connectivity index (χ3n) is 8.12. The van der Waals surface area contributed by atoms with Crippen LogP contribution in [0, 0.1) is 11.7 Å². The van der Waals surface area contributed by atoms with Crippen LogP contribution < -0.4 is 10.1 Å². The van der Waals surface area contributed by atoms with E-state index in [0.717, 1.165) is 25.9 Å². The smallest absolute Gasteiger partial charge is 0.247 e. The first kappa shape index (κ1) is 27.7. The van der Waals surface area contributed by atoms with Gasteiger partial charge in [-0.3, -0.25) is 14.5 Å². The van der Waals surface area contributed by atoms with Gasteiger partial charge in [-0.1, -0.05) is 54.6 Å². The van der Waals surface area contributed by atoms with E-state index >= 15 is 0 Å². The maximum Gasteiger partial charge on any atom is 0.247 e. The Morgan fingerprint density at radius 1 is 0.833 bits per heavy atom. The predicted molar refractivity (Wildman–Crippen MR) is 161 cm³/mol. The van der Waals surface area contributed by atoms with Gasteiger partial charge in [-0.05, 0) is 90.4 Å². The van der Waals surface area contributed by atoms with Crippen LogP contribution in [0.15, 0.2) is 103 Å². The van der Waals surface area contributed by atoms with Gasteiger partial charge in [-0.15, -0.1) is 0 Å². The molecule has 4 aromatic rings. The molecule has 0 spiro atoms. The van der Waals surface area contributed by atoms with Crippen LogP contribution in [-0.4, -0.2) is 47.3 Å². The lowest BCUT2D eigenvalue weighted by molar-refractivity contribution is -0.137. The van der Waals surface area contributed by atoms with Crippen LogP contribution in [0.25, 0.3) is 0 Å². The second-order valence-electron chi connectivity index (χ2n) is 11.2. The van der Waals surface area contributed by atoms with Crippen LogP contribution in [0.3, 0.4) is 0 Å². The molecule has 2 heterocycles. The van der Waals surface area contributed by atoms with Gasteiger partial charge in [0.1, 0.15) is 23.4 Å². The highest BCUT2D eigenvalue weighted by Gasteiger charge is 2.40. The summed E-state index contributed by atoms with van der Waals surface area (Å²) < 4.78 is 19.0. The van der Waals surface area contributed by atoms with Crippen molar-refractivity contribution >= 4 is 17.5 Å². The SMILES string of the molecule is O=C(Nc1ccc(Oc2ccc(F)cc2)cc1)[C@@H]1C[C@@H](Cc2ccccc2)CN1C(=O)CN1CCc2ccccc2C1. The van der Waals surface area contributed by atoms with E-state index in [1.54, 1.807) is 41.3 Å². The van der Waals surface area contributed by atoms with Gasteiger partial charge in [0.25, 0.3) is 0 Å². The minimum absolute atomic E-state index is 0.00635. The third kappa shape index (κ3) is 6.69. The second-order valence-corrected chi connectivity index (χ2v) is 11.2. The predicted octanol–water partition coefficient (Wildman–Crippen LogP) is 6.07. The summed E-state index contributed by atoms with van der Waals surface area (Å²) in [6, 6.07) is 30.9. The summed E-state index contributed by atoms with van der Waals surface area (Å²) in [6.45, 7) is 2.42. The number of halogens is 1. The average molecular weight is 564 g/mol. The van der Waals surface area contributed by atoms with Crippen LogP contribution in [-0.2, 0) is 29.0 Å². The zero-order chi connectivity index (χ0) is 28.9. The lowest BCUT2D eigenvalue weighted by atomic mass is 9.96. The number of nitrogens with zero attached hydrogens (tertiary/aromatic N) is 2. The number of anilines is 1. The first-order chi connectivity index (χ1) is 20.5. The number of nitrogens with one attached hydrogen (secondary N) is 1. The first-order valence-electron chi connectivity index (χ1n) is 14.5. The molecule has 2 atom stereocenters. The van der Waals surface area contributed by atoms with Crippen molar-refractivity contribution in [2.24, 2.45) is 5.92 Å². The summed E-state index contributed by atoms with van der Waals surface area (Å²) >= 11 is 0. The largest absolute Gasteiger partial charge is 0.457 e. The van der Waals surface area contributed by atoms with E-state index in [0.29, 0.717) is 36.7 Å². The van der Waals surface area contributed by atoms with Crippen LogP contribution in [0.5, 0.6) is 11.5 Å². The quantitative estimate of drug-likeness (QED) is 0.283. The van der Waals surface area contributed by atoms with Crippen molar-refractivity contribution in [2.75, 3.05) is 25.0 Å². The highest BCUT2D eigenvalue weighted by molar-refractivity contribution is 5.97. The van der Waals surface area contributed by atoms with E-state index in [2.05, 4.69) is 40.5 Å². The molecule has 0 bridgehead atoms. The molecular weight excluding hydrogens is 529 g/mol. The van der Waals surface area contributed by atoms with Crippen LogP contribution >= 0.6 is 0 Å². The fourth-order valence-corrected chi connectivity index (χ4v) is 5.98. The molecule has 4 aromatic carbocycles. The summed E-state index contributed by atoms with van der Waals surface area (Å²) in [6.07, 6.45) is 2.35. The van der Waals surface area contributed by atoms with Crippen molar-refractivity contribution in [1.29, 1.82) is 0 Å². The fraction of sp³-hybridized carbons (Fsp3) is 0.257. The van der Waals surface area contributed by atoms with Gasteiger partial charge in [0.2, 0.25) is 11.8 Å². The molecule has 1 saturated heterocycles. The van der Waals surface area contributed by atoms with Gasteiger partial charge in [0.05, 0.1) is 6.54 Å². The third-order valence-corrected chi connectivity index (χ3v) is 8.12. The minimum Gasteiger partial charge on any atom is -0.457 e. The van der Waals surface area contributed by atoms with Crippen molar-refractivity contribution in [3.05, 3.63) is 126 Å². The Labute approximate surface area is 245 Å². The summed E-state index contributed by atoms with van der Waals surface area (Å²) in [5.41, 5.74) is 4.44. The van der Waals surface area contributed by atoms with Crippen LogP contribution in [0.2, 0.25) is 0 Å². The maximum absolute atomic E-state index is 13.7. The van der Waals surface area contributed by atoms with Gasteiger partial charge in [0, 0.05) is 25.3 Å². The molecule has 1 fully saturated rings. The average Bonchev–Trinajstić information content (AvgIpc) is 3.44. The van der Waals surface area contributed by atoms with E-state index < -0.39 is 6.04 Å². The lowest BCUT2D eigenvalue weighted by Crippen LogP contribution is -2.48. The van der Waals surface area contributed by atoms with Gasteiger partial charge in [-0.25, -0.2) is 4.39 Å². The standard InChI is InChI=1S/C35H34FN3O3/c36-29-10-14-31(15-11-29)42-32-16-12-30(13-17-32)37-35(41)33-21-26(20-25-6-2-1-3-7-25)22-39(33)34(40)24-38-19-18-27-8-4-5-9-28(27)23-38/h1-17,26,33H,18-24H2,(H,37,41)/t26-,33+/m1/s1. The van der Waals surface area contributed by atoms with Crippen molar-refractivity contribution in [2.45, 2.75) is 31.8 Å². The molecule has 6 nitrogen and oxygen atoms in total.